The van der Waals surface area contributed by atoms with Gasteiger partial charge in [-0.3, -0.25) is 9.68 Å². The van der Waals surface area contributed by atoms with E-state index in [1.807, 2.05) is 0 Å². The van der Waals surface area contributed by atoms with Crippen LogP contribution in [0.3, 0.4) is 0 Å². The van der Waals surface area contributed by atoms with Crippen LogP contribution in [0, 0.1) is 0 Å². The monoisotopic (exact) mass is 162 g/mol. The lowest BCUT2D eigenvalue weighted by Gasteiger charge is -2.04. The van der Waals surface area contributed by atoms with E-state index in [0.717, 1.165) is 0 Å². The Balaban J connectivity index is 3.60. The van der Waals surface area contributed by atoms with Crippen molar-refractivity contribution in [2.24, 2.45) is 11.5 Å². The van der Waals surface area contributed by atoms with Gasteiger partial charge in [-0.15, -0.1) is 0 Å². The van der Waals surface area contributed by atoms with E-state index in [2.05, 4.69) is 4.89 Å². The molecule has 0 aliphatic rings. The number of hydrogen-bond acceptors (Lipinski definition) is 5. The minimum absolute atomic E-state index is 0.00370. The third kappa shape index (κ3) is 4.29. The van der Waals surface area contributed by atoms with Crippen LogP contribution in [0.2, 0.25) is 0 Å². The van der Waals surface area contributed by atoms with Crippen LogP contribution < -0.4 is 11.5 Å². The maximum absolute atomic E-state index is 10.4. The lowest BCUT2D eigenvalue weighted by molar-refractivity contribution is -0.235. The summed E-state index contributed by atoms with van der Waals surface area (Å²) < 4.78 is 0. The fourth-order valence-corrected chi connectivity index (χ4v) is 0.483. The van der Waals surface area contributed by atoms with Crippen molar-refractivity contribution in [1.82, 2.24) is 0 Å². The van der Waals surface area contributed by atoms with Crippen LogP contribution in [0.1, 0.15) is 12.8 Å². The van der Waals surface area contributed by atoms with E-state index in [1.165, 1.54) is 0 Å². The molecule has 0 unspecified atom stereocenters. The van der Waals surface area contributed by atoms with Gasteiger partial charge in [0.25, 0.3) is 0 Å². The molecule has 0 aromatic carbocycles. The first-order valence-corrected chi connectivity index (χ1v) is 2.97. The fourth-order valence-electron chi connectivity index (χ4n) is 0.483. The Morgan fingerprint density at radius 2 is 2.09 bits per heavy atom. The van der Waals surface area contributed by atoms with Gasteiger partial charge in [0, 0.05) is 6.42 Å². The highest BCUT2D eigenvalue weighted by molar-refractivity contribution is 5.77. The summed E-state index contributed by atoms with van der Waals surface area (Å²) in [6.07, 6.45) is 0.0744. The van der Waals surface area contributed by atoms with Crippen molar-refractivity contribution in [2.45, 2.75) is 18.9 Å². The number of carbonyl (C=O) groups excluding carboxylic acids is 2. The maximum atomic E-state index is 10.4. The summed E-state index contributed by atoms with van der Waals surface area (Å²) in [6.45, 7) is 0. The van der Waals surface area contributed by atoms with Crippen LogP contribution in [-0.4, -0.2) is 23.2 Å². The van der Waals surface area contributed by atoms with E-state index in [4.69, 9.17) is 16.7 Å². The van der Waals surface area contributed by atoms with E-state index < -0.39 is 17.9 Å². The normalized spacial score (nSPS) is 12.2. The Bertz CT molecular complexity index is 159. The third-order valence-electron chi connectivity index (χ3n) is 1.09. The standard InChI is InChI=1S/C5H10N2O4/c6-3(5(9)11-10)1-2-4(7)8/h3,10H,1-2,6H2,(H2,7,8)/t3-/m0/s1. The molecule has 0 aromatic heterocycles. The molecule has 6 heteroatoms. The van der Waals surface area contributed by atoms with Crippen LogP contribution in [0.15, 0.2) is 0 Å². The summed E-state index contributed by atoms with van der Waals surface area (Å²) in [4.78, 5) is 23.9. The Hall–Kier alpha value is -1.14. The number of rotatable bonds is 4. The molecule has 64 valence electrons. The van der Waals surface area contributed by atoms with Gasteiger partial charge >= 0.3 is 5.97 Å². The van der Waals surface area contributed by atoms with Gasteiger partial charge < -0.3 is 11.5 Å². The number of carbonyl (C=O) groups is 2. The van der Waals surface area contributed by atoms with Crippen LogP contribution in [0.25, 0.3) is 0 Å². The van der Waals surface area contributed by atoms with E-state index in [0.29, 0.717) is 0 Å². The zero-order chi connectivity index (χ0) is 8.85. The lowest BCUT2D eigenvalue weighted by atomic mass is 10.2. The number of primary amides is 1. The summed E-state index contributed by atoms with van der Waals surface area (Å²) >= 11 is 0. The summed E-state index contributed by atoms with van der Waals surface area (Å²) in [5.74, 6) is -1.52. The number of hydrogen-bond donors (Lipinski definition) is 3. The molecule has 1 amide bonds. The van der Waals surface area contributed by atoms with Crippen LogP contribution in [-0.2, 0) is 14.5 Å². The second-order valence-corrected chi connectivity index (χ2v) is 2.02. The Morgan fingerprint density at radius 1 is 1.55 bits per heavy atom. The Kier molecular flexibility index (Phi) is 4.16. The second-order valence-electron chi connectivity index (χ2n) is 2.02. The van der Waals surface area contributed by atoms with Crippen molar-refractivity contribution in [3.8, 4) is 0 Å². The van der Waals surface area contributed by atoms with E-state index in [9.17, 15) is 9.59 Å². The molecule has 0 saturated carbocycles. The molecule has 0 spiro atoms. The molecule has 0 fully saturated rings. The summed E-state index contributed by atoms with van der Waals surface area (Å²) in [7, 11) is 0. The van der Waals surface area contributed by atoms with Crippen molar-refractivity contribution < 1.29 is 19.7 Å². The Morgan fingerprint density at radius 3 is 2.45 bits per heavy atom. The molecule has 0 saturated heterocycles. The molecular weight excluding hydrogens is 152 g/mol. The van der Waals surface area contributed by atoms with Gasteiger partial charge in [-0.2, -0.15) is 5.26 Å². The van der Waals surface area contributed by atoms with E-state index >= 15 is 0 Å². The molecule has 0 radical (unpaired) electrons. The van der Waals surface area contributed by atoms with Crippen molar-refractivity contribution in [1.29, 1.82) is 0 Å². The molecule has 0 aromatic rings. The van der Waals surface area contributed by atoms with E-state index in [-0.39, 0.29) is 12.8 Å². The Labute approximate surface area is 63.0 Å². The molecule has 0 aliphatic heterocycles. The first-order chi connectivity index (χ1) is 5.07. The first kappa shape index (κ1) is 9.86. The first-order valence-electron chi connectivity index (χ1n) is 2.97. The highest BCUT2D eigenvalue weighted by atomic mass is 17.1. The zero-order valence-corrected chi connectivity index (χ0v) is 5.82. The smallest absolute Gasteiger partial charge is 0.358 e. The molecular formula is C5H10N2O4. The van der Waals surface area contributed by atoms with Gasteiger partial charge in [-0.05, 0) is 6.42 Å². The molecule has 0 rings (SSSR count). The van der Waals surface area contributed by atoms with Gasteiger partial charge in [-0.25, -0.2) is 4.79 Å². The van der Waals surface area contributed by atoms with Crippen LogP contribution in [0.4, 0.5) is 0 Å². The highest BCUT2D eigenvalue weighted by Crippen LogP contribution is 1.94. The average molecular weight is 162 g/mol. The fraction of sp³-hybridized carbons (Fsp3) is 0.600. The van der Waals surface area contributed by atoms with Gasteiger partial charge in [0.2, 0.25) is 5.91 Å². The summed E-state index contributed by atoms with van der Waals surface area (Å²) in [6, 6.07) is -0.993. The minimum Gasteiger partial charge on any atom is -0.370 e. The summed E-state index contributed by atoms with van der Waals surface area (Å²) in [5, 5.41) is 7.82. The van der Waals surface area contributed by atoms with Gasteiger partial charge in [-0.1, -0.05) is 0 Å². The third-order valence-corrected chi connectivity index (χ3v) is 1.09. The predicted octanol–water partition coefficient (Wildman–Crippen LogP) is -1.40. The summed E-state index contributed by atoms with van der Waals surface area (Å²) in [5.41, 5.74) is 9.91. The van der Waals surface area contributed by atoms with Crippen molar-refractivity contribution >= 4 is 11.9 Å². The number of nitrogens with two attached hydrogens (primary N) is 2. The van der Waals surface area contributed by atoms with Gasteiger partial charge in [0.1, 0.15) is 6.04 Å². The SMILES string of the molecule is NC(=O)CC[C@H](N)C(=O)OO. The van der Waals surface area contributed by atoms with E-state index in [1.54, 1.807) is 0 Å². The molecule has 6 nitrogen and oxygen atoms in total. The van der Waals surface area contributed by atoms with Crippen LogP contribution >= 0.6 is 0 Å². The quantitative estimate of drug-likeness (QED) is 0.347. The molecule has 0 aliphatic carbocycles. The van der Waals surface area contributed by atoms with Crippen LogP contribution in [0.5, 0.6) is 0 Å². The molecule has 0 bridgehead atoms. The molecule has 1 atom stereocenters. The predicted molar refractivity (Wildman–Crippen MR) is 35.1 cm³/mol. The highest BCUT2D eigenvalue weighted by Gasteiger charge is 2.15. The molecule has 0 heterocycles. The van der Waals surface area contributed by atoms with Gasteiger partial charge in [0.05, 0.1) is 0 Å². The largest absolute Gasteiger partial charge is 0.370 e. The lowest BCUT2D eigenvalue weighted by Crippen LogP contribution is -2.32. The van der Waals surface area contributed by atoms with Gasteiger partial charge in [0.15, 0.2) is 0 Å². The second kappa shape index (κ2) is 4.64. The minimum atomic E-state index is -0.993. The van der Waals surface area contributed by atoms with Crippen molar-refractivity contribution in [2.75, 3.05) is 0 Å². The zero-order valence-electron chi connectivity index (χ0n) is 5.82. The van der Waals surface area contributed by atoms with Crippen molar-refractivity contribution in [3.63, 3.8) is 0 Å². The molecule has 5 N–H and O–H groups in total. The topological polar surface area (TPSA) is 116 Å². The maximum Gasteiger partial charge on any atom is 0.358 e. The number of amides is 1. The van der Waals surface area contributed by atoms with Crippen molar-refractivity contribution in [3.05, 3.63) is 0 Å². The average Bonchev–Trinajstić information content (AvgIpc) is 1.98. The molecule has 11 heavy (non-hydrogen) atoms.